The van der Waals surface area contributed by atoms with E-state index < -0.39 is 0 Å². The molecule has 4 rings (SSSR count). The monoisotopic (exact) mass is 364 g/mol. The first kappa shape index (κ1) is 17.2. The maximum atomic E-state index is 12.5. The van der Waals surface area contributed by atoms with E-state index in [0.717, 1.165) is 16.6 Å². The molecule has 138 valence electrons. The third-order valence-electron chi connectivity index (χ3n) is 4.64. The number of aromatic amines is 1. The Kier molecular flexibility index (Phi) is 4.60. The number of carbonyl (C=O) groups excluding carboxylic acids is 2. The normalized spacial score (nSPS) is 14.3. The molecule has 0 aliphatic carbocycles. The van der Waals surface area contributed by atoms with Gasteiger partial charge in [-0.1, -0.05) is 12.1 Å². The number of morpholine rings is 1. The Bertz CT molecular complexity index is 988. The van der Waals surface area contributed by atoms with Gasteiger partial charge in [0.05, 0.1) is 24.2 Å². The molecule has 0 radical (unpaired) electrons. The smallest absolute Gasteiger partial charge is 0.257 e. The second-order valence-electron chi connectivity index (χ2n) is 6.49. The van der Waals surface area contributed by atoms with Crippen molar-refractivity contribution in [3.63, 3.8) is 0 Å². The van der Waals surface area contributed by atoms with Crippen molar-refractivity contribution >= 4 is 28.8 Å². The van der Waals surface area contributed by atoms with Crippen LogP contribution in [-0.4, -0.2) is 53.0 Å². The number of H-pyrrole nitrogens is 1. The molecule has 1 aliphatic heterocycles. The number of nitrogens with zero attached hydrogens (tertiary/aromatic N) is 2. The number of aromatic nitrogens is 2. The third-order valence-corrected chi connectivity index (χ3v) is 4.64. The number of nitrogens with one attached hydrogen (secondary N) is 2. The van der Waals surface area contributed by atoms with Crippen LogP contribution in [0.3, 0.4) is 0 Å². The average molecular weight is 364 g/mol. The molecule has 1 aromatic heterocycles. The molecule has 1 fully saturated rings. The largest absolute Gasteiger partial charge is 0.378 e. The molecule has 3 aromatic rings. The standard InChI is InChI=1S/C20H20N4O3/c1-13-3-2-4-16-17(13)22-20(21-16)23-18(25)14-5-7-15(8-6-14)19(26)24-9-11-27-12-10-24/h2-8H,9-12H2,1H3,(H2,21,22,23,25). The van der Waals surface area contributed by atoms with Gasteiger partial charge in [0, 0.05) is 24.2 Å². The lowest BCUT2D eigenvalue weighted by Gasteiger charge is -2.26. The number of para-hydroxylation sites is 1. The zero-order valence-electron chi connectivity index (χ0n) is 15.0. The third kappa shape index (κ3) is 3.54. The summed E-state index contributed by atoms with van der Waals surface area (Å²) in [5.74, 6) is 0.0767. The topological polar surface area (TPSA) is 87.3 Å². The van der Waals surface area contributed by atoms with Crippen molar-refractivity contribution in [2.45, 2.75) is 6.92 Å². The minimum Gasteiger partial charge on any atom is -0.378 e. The molecule has 0 atom stereocenters. The number of amides is 2. The van der Waals surface area contributed by atoms with Gasteiger partial charge in [-0.25, -0.2) is 4.98 Å². The van der Waals surface area contributed by atoms with Crippen LogP contribution < -0.4 is 5.32 Å². The lowest BCUT2D eigenvalue weighted by molar-refractivity contribution is 0.0303. The van der Waals surface area contributed by atoms with E-state index in [9.17, 15) is 9.59 Å². The molecule has 0 spiro atoms. The number of carbonyl (C=O) groups is 2. The lowest BCUT2D eigenvalue weighted by atomic mass is 10.1. The molecule has 7 nitrogen and oxygen atoms in total. The highest BCUT2D eigenvalue weighted by molar-refractivity contribution is 6.04. The Hall–Kier alpha value is -3.19. The van der Waals surface area contributed by atoms with E-state index in [1.165, 1.54) is 0 Å². The van der Waals surface area contributed by atoms with Crippen molar-refractivity contribution in [2.24, 2.45) is 0 Å². The lowest BCUT2D eigenvalue weighted by Crippen LogP contribution is -2.40. The molecule has 0 saturated carbocycles. The van der Waals surface area contributed by atoms with E-state index >= 15 is 0 Å². The summed E-state index contributed by atoms with van der Waals surface area (Å²) in [6, 6.07) is 12.5. The van der Waals surface area contributed by atoms with Crippen molar-refractivity contribution in [3.8, 4) is 0 Å². The highest BCUT2D eigenvalue weighted by Crippen LogP contribution is 2.18. The Morgan fingerprint density at radius 3 is 2.48 bits per heavy atom. The summed E-state index contributed by atoms with van der Waals surface area (Å²) in [5, 5.41) is 2.77. The fourth-order valence-corrected chi connectivity index (χ4v) is 3.13. The van der Waals surface area contributed by atoms with Crippen LogP contribution in [0, 0.1) is 6.92 Å². The van der Waals surface area contributed by atoms with Gasteiger partial charge in [-0.3, -0.25) is 14.9 Å². The van der Waals surface area contributed by atoms with E-state index in [-0.39, 0.29) is 11.8 Å². The number of benzene rings is 2. The summed E-state index contributed by atoms with van der Waals surface area (Å²) in [7, 11) is 0. The molecule has 1 saturated heterocycles. The van der Waals surface area contributed by atoms with Crippen LogP contribution >= 0.6 is 0 Å². The predicted octanol–water partition coefficient (Wildman–Crippen LogP) is 2.60. The van der Waals surface area contributed by atoms with Crippen LogP contribution in [0.25, 0.3) is 11.0 Å². The summed E-state index contributed by atoms with van der Waals surface area (Å²) < 4.78 is 5.27. The van der Waals surface area contributed by atoms with E-state index in [2.05, 4.69) is 15.3 Å². The van der Waals surface area contributed by atoms with Gasteiger partial charge in [-0.15, -0.1) is 0 Å². The van der Waals surface area contributed by atoms with E-state index in [1.807, 2.05) is 25.1 Å². The molecule has 0 unspecified atom stereocenters. The molecule has 2 aromatic carbocycles. The second-order valence-corrected chi connectivity index (χ2v) is 6.49. The van der Waals surface area contributed by atoms with Crippen LogP contribution in [0.4, 0.5) is 5.95 Å². The fraction of sp³-hybridized carbons (Fsp3) is 0.250. The number of anilines is 1. The van der Waals surface area contributed by atoms with Crippen LogP contribution in [0.15, 0.2) is 42.5 Å². The summed E-state index contributed by atoms with van der Waals surface area (Å²) >= 11 is 0. The number of hydrogen-bond acceptors (Lipinski definition) is 4. The van der Waals surface area contributed by atoms with Crippen LogP contribution in [-0.2, 0) is 4.74 Å². The van der Waals surface area contributed by atoms with Gasteiger partial charge in [0.2, 0.25) is 5.95 Å². The number of hydrogen-bond donors (Lipinski definition) is 2. The number of ether oxygens (including phenoxy) is 1. The predicted molar refractivity (Wildman–Crippen MR) is 102 cm³/mol. The molecule has 2 amide bonds. The molecular formula is C20H20N4O3. The van der Waals surface area contributed by atoms with E-state index in [1.54, 1.807) is 29.2 Å². The quantitative estimate of drug-likeness (QED) is 0.748. The number of fused-ring (bicyclic) bond motifs is 1. The summed E-state index contributed by atoms with van der Waals surface area (Å²) in [6.45, 7) is 4.27. The van der Waals surface area contributed by atoms with E-state index in [4.69, 9.17) is 4.74 Å². The number of rotatable bonds is 3. The number of aryl methyl sites for hydroxylation is 1. The SMILES string of the molecule is Cc1cccc2[nH]c(NC(=O)c3ccc(C(=O)N4CCOCC4)cc3)nc12. The average Bonchev–Trinajstić information content (AvgIpc) is 3.12. The van der Waals surface area contributed by atoms with Crippen molar-refractivity contribution in [1.82, 2.24) is 14.9 Å². The van der Waals surface area contributed by atoms with Gasteiger partial charge in [-0.2, -0.15) is 0 Å². The zero-order valence-corrected chi connectivity index (χ0v) is 15.0. The molecule has 1 aliphatic rings. The summed E-state index contributed by atoms with van der Waals surface area (Å²) in [4.78, 5) is 34.2. The Balaban J connectivity index is 1.47. The number of imidazole rings is 1. The maximum Gasteiger partial charge on any atom is 0.257 e. The first-order valence-electron chi connectivity index (χ1n) is 8.85. The van der Waals surface area contributed by atoms with E-state index in [0.29, 0.717) is 43.4 Å². The fourth-order valence-electron chi connectivity index (χ4n) is 3.13. The van der Waals surface area contributed by atoms with Gasteiger partial charge in [-0.05, 0) is 42.8 Å². The Labute approximate surface area is 156 Å². The minimum absolute atomic E-state index is 0.0435. The summed E-state index contributed by atoms with van der Waals surface area (Å²) in [6.07, 6.45) is 0. The highest BCUT2D eigenvalue weighted by Gasteiger charge is 2.19. The molecule has 2 N–H and O–H groups in total. The van der Waals surface area contributed by atoms with Crippen molar-refractivity contribution in [1.29, 1.82) is 0 Å². The summed E-state index contributed by atoms with van der Waals surface area (Å²) in [5.41, 5.74) is 3.77. The molecule has 0 bridgehead atoms. The van der Waals surface area contributed by atoms with Gasteiger partial charge in [0.25, 0.3) is 11.8 Å². The van der Waals surface area contributed by atoms with Crippen LogP contribution in [0.1, 0.15) is 26.3 Å². The maximum absolute atomic E-state index is 12.5. The van der Waals surface area contributed by atoms with Crippen LogP contribution in [0.2, 0.25) is 0 Å². The van der Waals surface area contributed by atoms with Crippen LogP contribution in [0.5, 0.6) is 0 Å². The van der Waals surface area contributed by atoms with Gasteiger partial charge in [0.15, 0.2) is 0 Å². The Morgan fingerprint density at radius 2 is 1.78 bits per heavy atom. The molecule has 2 heterocycles. The Morgan fingerprint density at radius 1 is 1.07 bits per heavy atom. The second kappa shape index (κ2) is 7.20. The molecular weight excluding hydrogens is 344 g/mol. The van der Waals surface area contributed by atoms with Gasteiger partial charge in [0.1, 0.15) is 0 Å². The molecule has 7 heteroatoms. The van der Waals surface area contributed by atoms with Crippen molar-refractivity contribution < 1.29 is 14.3 Å². The van der Waals surface area contributed by atoms with Crippen molar-refractivity contribution in [2.75, 3.05) is 31.6 Å². The first-order chi connectivity index (χ1) is 13.1. The molecule has 27 heavy (non-hydrogen) atoms. The highest BCUT2D eigenvalue weighted by atomic mass is 16.5. The first-order valence-corrected chi connectivity index (χ1v) is 8.85. The van der Waals surface area contributed by atoms with Crippen molar-refractivity contribution in [3.05, 3.63) is 59.2 Å². The zero-order chi connectivity index (χ0) is 18.8. The van der Waals surface area contributed by atoms with Gasteiger partial charge >= 0.3 is 0 Å². The van der Waals surface area contributed by atoms with Gasteiger partial charge < -0.3 is 14.6 Å². The minimum atomic E-state index is -0.280.